The van der Waals surface area contributed by atoms with Gasteiger partial charge >= 0.3 is 0 Å². The van der Waals surface area contributed by atoms with Crippen molar-refractivity contribution in [1.82, 2.24) is 5.32 Å². The van der Waals surface area contributed by atoms with Crippen LogP contribution in [0.2, 0.25) is 0 Å². The first-order valence-corrected chi connectivity index (χ1v) is 4.93. The van der Waals surface area contributed by atoms with Crippen molar-refractivity contribution < 1.29 is 4.79 Å². The molecule has 0 aromatic rings. The topological polar surface area (TPSA) is 29.1 Å². The molecule has 2 nitrogen and oxygen atoms in total. The van der Waals surface area contributed by atoms with E-state index in [4.69, 9.17) is 0 Å². The predicted octanol–water partition coefficient (Wildman–Crippen LogP) is 1.77. The summed E-state index contributed by atoms with van der Waals surface area (Å²) in [7, 11) is 0. The number of halogens is 1. The van der Waals surface area contributed by atoms with Crippen LogP contribution in [0.1, 0.15) is 12.8 Å². The highest BCUT2D eigenvalue weighted by Gasteiger charge is 1.99. The van der Waals surface area contributed by atoms with Gasteiger partial charge in [-0.15, -0.1) is 0 Å². The smallest absolute Gasteiger partial charge is 0.224 e. The van der Waals surface area contributed by atoms with E-state index in [1.165, 1.54) is 0 Å². The van der Waals surface area contributed by atoms with E-state index < -0.39 is 0 Å². The van der Waals surface area contributed by atoms with Gasteiger partial charge in [0, 0.05) is 17.8 Å². The van der Waals surface area contributed by atoms with Gasteiger partial charge in [-0.05, 0) is 6.42 Å². The fourth-order valence-electron chi connectivity index (χ4n) is 0.956. The SMILES string of the molecule is O=C1C/C=C/C(Br)C/C=C/CN1. The zero-order valence-electron chi connectivity index (χ0n) is 6.79. The fourth-order valence-corrected chi connectivity index (χ4v) is 1.39. The lowest BCUT2D eigenvalue weighted by molar-refractivity contribution is -0.120. The Balaban J connectivity index is 2.50. The Bertz CT molecular complexity index is 211. The molecule has 0 spiro atoms. The highest BCUT2D eigenvalue weighted by Crippen LogP contribution is 2.08. The highest BCUT2D eigenvalue weighted by molar-refractivity contribution is 9.09. The molecule has 1 rings (SSSR count). The number of nitrogens with one attached hydrogen (secondary N) is 1. The molecule has 1 heterocycles. The quantitative estimate of drug-likeness (QED) is 0.498. The molecule has 0 aromatic carbocycles. The maximum Gasteiger partial charge on any atom is 0.224 e. The van der Waals surface area contributed by atoms with Gasteiger partial charge in [0.1, 0.15) is 0 Å². The average molecular weight is 230 g/mol. The van der Waals surface area contributed by atoms with Crippen LogP contribution in [0, 0.1) is 0 Å². The molecule has 0 aliphatic carbocycles. The van der Waals surface area contributed by atoms with Crippen LogP contribution in [-0.2, 0) is 4.79 Å². The number of amides is 1. The van der Waals surface area contributed by atoms with Gasteiger partial charge in [-0.25, -0.2) is 0 Å². The number of carbonyl (C=O) groups is 1. The van der Waals surface area contributed by atoms with Crippen LogP contribution in [0.15, 0.2) is 24.3 Å². The van der Waals surface area contributed by atoms with E-state index in [0.717, 1.165) is 6.42 Å². The van der Waals surface area contributed by atoms with Crippen LogP contribution < -0.4 is 5.32 Å². The average Bonchev–Trinajstić information content (AvgIpc) is 2.04. The van der Waals surface area contributed by atoms with Crippen molar-refractivity contribution in [2.45, 2.75) is 17.7 Å². The van der Waals surface area contributed by atoms with Crippen molar-refractivity contribution in [3.63, 3.8) is 0 Å². The zero-order valence-corrected chi connectivity index (χ0v) is 8.38. The van der Waals surface area contributed by atoms with Crippen LogP contribution >= 0.6 is 15.9 Å². The second-order valence-corrected chi connectivity index (χ2v) is 3.84. The molecule has 3 heteroatoms. The first-order chi connectivity index (χ1) is 5.79. The Morgan fingerprint density at radius 2 is 2.25 bits per heavy atom. The molecule has 0 saturated carbocycles. The fraction of sp³-hybridized carbons (Fsp3) is 0.444. The number of hydrogen-bond acceptors (Lipinski definition) is 1. The lowest BCUT2D eigenvalue weighted by Crippen LogP contribution is -2.22. The third-order valence-electron chi connectivity index (χ3n) is 1.59. The summed E-state index contributed by atoms with van der Waals surface area (Å²) in [6.07, 6.45) is 9.41. The molecule has 1 unspecified atom stereocenters. The van der Waals surface area contributed by atoms with Gasteiger partial charge in [0.2, 0.25) is 5.91 Å². The lowest BCUT2D eigenvalue weighted by Gasteiger charge is -2.03. The summed E-state index contributed by atoms with van der Waals surface area (Å²) in [6.45, 7) is 0.645. The number of allylic oxidation sites excluding steroid dienone is 2. The second kappa shape index (κ2) is 5.14. The van der Waals surface area contributed by atoms with E-state index in [1.807, 2.05) is 18.2 Å². The van der Waals surface area contributed by atoms with Gasteiger partial charge in [-0.3, -0.25) is 4.79 Å². The van der Waals surface area contributed by atoms with E-state index in [-0.39, 0.29) is 5.91 Å². The first-order valence-electron chi connectivity index (χ1n) is 4.01. The summed E-state index contributed by atoms with van der Waals surface area (Å²) >= 11 is 3.48. The summed E-state index contributed by atoms with van der Waals surface area (Å²) in [6, 6.07) is 0. The first kappa shape index (κ1) is 9.52. The molecule has 12 heavy (non-hydrogen) atoms. The molecule has 0 aromatic heterocycles. The normalized spacial score (nSPS) is 30.4. The van der Waals surface area contributed by atoms with Crippen molar-refractivity contribution in [1.29, 1.82) is 0 Å². The Kier molecular flexibility index (Phi) is 4.08. The minimum absolute atomic E-state index is 0.0810. The van der Waals surface area contributed by atoms with E-state index >= 15 is 0 Å². The third kappa shape index (κ3) is 3.72. The molecular weight excluding hydrogens is 218 g/mol. The van der Waals surface area contributed by atoms with E-state index in [2.05, 4.69) is 27.3 Å². The molecule has 0 saturated heterocycles. The Labute approximate surface area is 80.9 Å². The summed E-state index contributed by atoms with van der Waals surface area (Å²) < 4.78 is 0. The van der Waals surface area contributed by atoms with E-state index in [1.54, 1.807) is 0 Å². The largest absolute Gasteiger partial charge is 0.352 e. The summed E-state index contributed by atoms with van der Waals surface area (Å²) in [5.41, 5.74) is 0. The van der Waals surface area contributed by atoms with Crippen LogP contribution in [0.3, 0.4) is 0 Å². The highest BCUT2D eigenvalue weighted by atomic mass is 79.9. The Morgan fingerprint density at radius 1 is 1.42 bits per heavy atom. The zero-order chi connectivity index (χ0) is 8.81. The minimum Gasteiger partial charge on any atom is -0.352 e. The van der Waals surface area contributed by atoms with Crippen molar-refractivity contribution in [3.8, 4) is 0 Å². The minimum atomic E-state index is 0.0810. The van der Waals surface area contributed by atoms with Crippen molar-refractivity contribution in [2.75, 3.05) is 6.54 Å². The number of hydrogen-bond donors (Lipinski definition) is 1. The molecular formula is C9H12BrNO. The summed E-state index contributed by atoms with van der Waals surface area (Å²) in [5, 5.41) is 2.77. The molecule has 0 bridgehead atoms. The van der Waals surface area contributed by atoms with Gasteiger partial charge in [0.25, 0.3) is 0 Å². The standard InChI is InChI=1S/C9H12BrNO/c10-8-4-1-2-7-11-9(12)6-3-5-8/h1-3,5,8H,4,6-7H2,(H,11,12)/b2-1+,5-3+. The van der Waals surface area contributed by atoms with Gasteiger partial charge in [-0.1, -0.05) is 40.2 Å². The van der Waals surface area contributed by atoms with Crippen LogP contribution in [-0.4, -0.2) is 17.3 Å². The van der Waals surface area contributed by atoms with Gasteiger partial charge in [-0.2, -0.15) is 0 Å². The third-order valence-corrected chi connectivity index (χ3v) is 2.27. The molecule has 1 atom stereocenters. The summed E-state index contributed by atoms with van der Waals surface area (Å²) in [5.74, 6) is 0.0810. The van der Waals surface area contributed by atoms with Gasteiger partial charge in [0.15, 0.2) is 0 Å². The van der Waals surface area contributed by atoms with Crippen LogP contribution in [0.25, 0.3) is 0 Å². The molecule has 1 amide bonds. The number of rotatable bonds is 0. The molecule has 0 radical (unpaired) electrons. The number of carbonyl (C=O) groups excluding carboxylic acids is 1. The van der Waals surface area contributed by atoms with Crippen LogP contribution in [0.4, 0.5) is 0 Å². The van der Waals surface area contributed by atoms with Crippen molar-refractivity contribution in [3.05, 3.63) is 24.3 Å². The Morgan fingerprint density at radius 3 is 3.08 bits per heavy atom. The lowest BCUT2D eigenvalue weighted by atomic mass is 10.2. The molecule has 1 N–H and O–H groups in total. The second-order valence-electron chi connectivity index (χ2n) is 2.66. The molecule has 0 fully saturated rings. The number of alkyl halides is 1. The van der Waals surface area contributed by atoms with E-state index in [0.29, 0.717) is 17.8 Å². The van der Waals surface area contributed by atoms with E-state index in [9.17, 15) is 4.79 Å². The van der Waals surface area contributed by atoms with Gasteiger partial charge < -0.3 is 5.32 Å². The summed E-state index contributed by atoms with van der Waals surface area (Å²) in [4.78, 5) is 11.4. The molecule has 66 valence electrons. The van der Waals surface area contributed by atoms with Crippen molar-refractivity contribution >= 4 is 21.8 Å². The van der Waals surface area contributed by atoms with Crippen molar-refractivity contribution in [2.24, 2.45) is 0 Å². The maximum atomic E-state index is 11.0. The molecule has 1 aliphatic heterocycles. The van der Waals surface area contributed by atoms with Gasteiger partial charge in [0.05, 0.1) is 0 Å². The van der Waals surface area contributed by atoms with Crippen LogP contribution in [0.5, 0.6) is 0 Å². The maximum absolute atomic E-state index is 11.0. The predicted molar refractivity (Wildman–Crippen MR) is 53.2 cm³/mol. The monoisotopic (exact) mass is 229 g/mol. The Hall–Kier alpha value is -0.570. The molecule has 1 aliphatic rings.